The van der Waals surface area contributed by atoms with Crippen LogP contribution in [0.25, 0.3) is 6.08 Å². The zero-order valence-corrected chi connectivity index (χ0v) is 28.3. The van der Waals surface area contributed by atoms with E-state index in [4.69, 9.17) is 9.47 Å². The molecule has 0 aliphatic carbocycles. The van der Waals surface area contributed by atoms with Crippen molar-refractivity contribution in [3.8, 4) is 11.5 Å². The van der Waals surface area contributed by atoms with Gasteiger partial charge in [-0.05, 0) is 54.8 Å². The molecule has 1 aliphatic rings. The van der Waals surface area contributed by atoms with Crippen molar-refractivity contribution in [1.82, 2.24) is 10.2 Å². The van der Waals surface area contributed by atoms with Crippen molar-refractivity contribution in [2.24, 2.45) is 4.99 Å². The first-order chi connectivity index (χ1) is 23.8. The number of carbonyl (C=O) groups excluding carboxylic acids is 4. The molecule has 0 aromatic heterocycles. The SMILES string of the molecule is C=C/C=C\C(=C/C)N1C(=O)/C(=C/c2ccc(OCC(=O)OC)c(OCC)c2)C(=O)N=C1SCC(=O)NC(c1ccccc1)c1ccccc1. The molecule has 4 rings (SSSR count). The van der Waals surface area contributed by atoms with Crippen molar-refractivity contribution in [1.29, 1.82) is 0 Å². The number of amidine groups is 1. The minimum atomic E-state index is -0.761. The molecule has 1 heterocycles. The first kappa shape index (κ1) is 36.2. The second-order valence-corrected chi connectivity index (χ2v) is 11.3. The molecule has 1 aliphatic heterocycles. The lowest BCUT2D eigenvalue weighted by Crippen LogP contribution is -2.42. The van der Waals surface area contributed by atoms with Crippen molar-refractivity contribution < 1.29 is 33.4 Å². The molecule has 3 aromatic rings. The first-order valence-corrected chi connectivity index (χ1v) is 16.4. The summed E-state index contributed by atoms with van der Waals surface area (Å²) in [7, 11) is 1.26. The molecule has 0 saturated carbocycles. The van der Waals surface area contributed by atoms with Gasteiger partial charge in [-0.2, -0.15) is 4.99 Å². The Balaban J connectivity index is 1.62. The molecule has 11 heteroatoms. The second-order valence-electron chi connectivity index (χ2n) is 10.3. The van der Waals surface area contributed by atoms with Gasteiger partial charge in [0.25, 0.3) is 11.8 Å². The quantitative estimate of drug-likeness (QED) is 0.0949. The van der Waals surface area contributed by atoms with Gasteiger partial charge in [0.15, 0.2) is 23.3 Å². The van der Waals surface area contributed by atoms with Gasteiger partial charge in [-0.15, -0.1) is 0 Å². The third-order valence-corrected chi connectivity index (χ3v) is 8.00. The van der Waals surface area contributed by atoms with Crippen LogP contribution in [0.1, 0.15) is 36.6 Å². The molecule has 0 unspecified atom stereocenters. The molecule has 0 spiro atoms. The summed E-state index contributed by atoms with van der Waals surface area (Å²) in [6.07, 6.45) is 7.99. The van der Waals surface area contributed by atoms with Crippen LogP contribution >= 0.6 is 11.8 Å². The highest BCUT2D eigenvalue weighted by atomic mass is 32.2. The topological polar surface area (TPSA) is 124 Å². The van der Waals surface area contributed by atoms with Gasteiger partial charge in [0, 0.05) is 5.70 Å². The summed E-state index contributed by atoms with van der Waals surface area (Å²) in [6, 6.07) is 23.6. The van der Waals surface area contributed by atoms with Crippen LogP contribution in [0.5, 0.6) is 11.5 Å². The van der Waals surface area contributed by atoms with Crippen molar-refractivity contribution in [3.05, 3.63) is 138 Å². The molecule has 252 valence electrons. The normalized spacial score (nSPS) is 14.2. The molecule has 0 fully saturated rings. The summed E-state index contributed by atoms with van der Waals surface area (Å²) in [5, 5.41) is 3.14. The summed E-state index contributed by atoms with van der Waals surface area (Å²) >= 11 is 0.980. The van der Waals surface area contributed by atoms with Gasteiger partial charge in [-0.3, -0.25) is 19.3 Å². The van der Waals surface area contributed by atoms with E-state index in [1.54, 1.807) is 56.4 Å². The summed E-state index contributed by atoms with van der Waals surface area (Å²) in [6.45, 7) is 7.22. The number of rotatable bonds is 14. The van der Waals surface area contributed by atoms with E-state index in [1.807, 2.05) is 60.7 Å². The molecule has 49 heavy (non-hydrogen) atoms. The Hall–Kier alpha value is -5.68. The van der Waals surface area contributed by atoms with E-state index < -0.39 is 23.8 Å². The number of hydrogen-bond acceptors (Lipinski definition) is 8. The lowest BCUT2D eigenvalue weighted by atomic mass is 9.99. The maximum atomic E-state index is 14.0. The highest BCUT2D eigenvalue weighted by Crippen LogP contribution is 2.31. The number of hydrogen-bond donors (Lipinski definition) is 1. The number of amides is 3. The molecule has 1 N–H and O–H groups in total. The van der Waals surface area contributed by atoms with Gasteiger partial charge in [0.2, 0.25) is 5.91 Å². The molecule has 3 amide bonds. The van der Waals surface area contributed by atoms with Crippen LogP contribution < -0.4 is 14.8 Å². The Labute approximate surface area is 289 Å². The van der Waals surface area contributed by atoms with Gasteiger partial charge in [-0.1, -0.05) is 103 Å². The van der Waals surface area contributed by atoms with Crippen molar-refractivity contribution >= 4 is 46.7 Å². The number of ether oxygens (including phenoxy) is 3. The Kier molecular flexibility index (Phi) is 13.3. The zero-order chi connectivity index (χ0) is 35.2. The van der Waals surface area contributed by atoms with Crippen LogP contribution in [0.15, 0.2) is 126 Å². The van der Waals surface area contributed by atoms with Crippen LogP contribution in [-0.2, 0) is 23.9 Å². The summed E-state index contributed by atoms with van der Waals surface area (Å²) in [4.78, 5) is 57.9. The predicted molar refractivity (Wildman–Crippen MR) is 191 cm³/mol. The minimum Gasteiger partial charge on any atom is -0.490 e. The maximum Gasteiger partial charge on any atom is 0.343 e. The van der Waals surface area contributed by atoms with Crippen LogP contribution in [0.2, 0.25) is 0 Å². The third-order valence-electron chi connectivity index (χ3n) is 7.06. The van der Waals surface area contributed by atoms with Crippen LogP contribution in [0.3, 0.4) is 0 Å². The van der Waals surface area contributed by atoms with Crippen LogP contribution in [-0.4, -0.2) is 59.8 Å². The number of esters is 1. The number of nitrogens with zero attached hydrogens (tertiary/aromatic N) is 2. The molecular formula is C38H37N3O7S. The van der Waals surface area contributed by atoms with E-state index in [0.717, 1.165) is 22.9 Å². The van der Waals surface area contributed by atoms with Gasteiger partial charge < -0.3 is 19.5 Å². The highest BCUT2D eigenvalue weighted by molar-refractivity contribution is 8.14. The number of allylic oxidation sites excluding steroid dienone is 4. The van der Waals surface area contributed by atoms with E-state index in [-0.39, 0.29) is 29.0 Å². The molecule has 0 radical (unpaired) electrons. The monoisotopic (exact) mass is 679 g/mol. The van der Waals surface area contributed by atoms with E-state index in [0.29, 0.717) is 29.4 Å². The molecular weight excluding hydrogens is 642 g/mol. The second kappa shape index (κ2) is 18.0. The van der Waals surface area contributed by atoms with Gasteiger partial charge in [0.1, 0.15) is 5.57 Å². The van der Waals surface area contributed by atoms with Crippen molar-refractivity contribution in [2.45, 2.75) is 19.9 Å². The fourth-order valence-corrected chi connectivity index (χ4v) is 5.57. The molecule has 0 atom stereocenters. The maximum absolute atomic E-state index is 14.0. The van der Waals surface area contributed by atoms with E-state index in [1.165, 1.54) is 18.1 Å². The fourth-order valence-electron chi connectivity index (χ4n) is 4.76. The average Bonchev–Trinajstić information content (AvgIpc) is 3.12. The highest BCUT2D eigenvalue weighted by Gasteiger charge is 2.35. The summed E-state index contributed by atoms with van der Waals surface area (Å²) in [5.41, 5.74) is 2.52. The third kappa shape index (κ3) is 9.68. The van der Waals surface area contributed by atoms with E-state index in [9.17, 15) is 19.2 Å². The Morgan fingerprint density at radius 2 is 1.65 bits per heavy atom. The largest absolute Gasteiger partial charge is 0.490 e. The molecule has 3 aromatic carbocycles. The number of thioether (sulfide) groups is 1. The smallest absolute Gasteiger partial charge is 0.343 e. The van der Waals surface area contributed by atoms with Crippen LogP contribution in [0, 0.1) is 0 Å². The number of carbonyl (C=O) groups is 4. The number of benzene rings is 3. The minimum absolute atomic E-state index is 0.0571. The Morgan fingerprint density at radius 1 is 0.980 bits per heavy atom. The van der Waals surface area contributed by atoms with Crippen molar-refractivity contribution in [3.63, 3.8) is 0 Å². The Morgan fingerprint density at radius 3 is 2.24 bits per heavy atom. The number of aliphatic imine (C=N–C) groups is 1. The van der Waals surface area contributed by atoms with E-state index >= 15 is 0 Å². The Bertz CT molecular complexity index is 1760. The van der Waals surface area contributed by atoms with Gasteiger partial charge in [-0.25, -0.2) is 4.79 Å². The number of methoxy groups -OCH3 is 1. The molecule has 0 saturated heterocycles. The van der Waals surface area contributed by atoms with Gasteiger partial charge in [0.05, 0.1) is 25.5 Å². The van der Waals surface area contributed by atoms with Gasteiger partial charge >= 0.3 is 5.97 Å². The number of nitrogens with one attached hydrogen (secondary N) is 1. The summed E-state index contributed by atoms with van der Waals surface area (Å²) < 4.78 is 15.8. The molecule has 0 bridgehead atoms. The van der Waals surface area contributed by atoms with Crippen LogP contribution in [0.4, 0.5) is 0 Å². The first-order valence-electron chi connectivity index (χ1n) is 15.4. The average molecular weight is 680 g/mol. The standard InChI is InChI=1S/C38H37N3O7S/c1-5-8-19-29(6-2)41-37(45)30(22-26-20-21-31(32(23-26)47-7-3)48-24-34(43)46-4)36(44)40-38(41)49-25-33(42)39-35(27-15-11-9-12-16-27)28-17-13-10-14-18-28/h5-6,8-23,35H,1,7,24-25H2,2-4H3,(H,39,42)/b19-8-,29-6+,30-22+. The van der Waals surface area contributed by atoms with Crippen molar-refractivity contribution in [2.75, 3.05) is 26.1 Å². The molecule has 10 nitrogen and oxygen atoms in total. The predicted octanol–water partition coefficient (Wildman–Crippen LogP) is 6.03. The lowest BCUT2D eigenvalue weighted by Gasteiger charge is -2.28. The lowest BCUT2D eigenvalue weighted by molar-refractivity contribution is -0.143. The summed E-state index contributed by atoms with van der Waals surface area (Å²) in [5.74, 6) is -1.77. The van der Waals surface area contributed by atoms with E-state index in [2.05, 4.69) is 21.6 Å². The fraction of sp³-hybridized carbons (Fsp3) is 0.184. The zero-order valence-electron chi connectivity index (χ0n) is 27.5.